The normalized spacial score (nSPS) is 10.1. The Morgan fingerprint density at radius 2 is 1.69 bits per heavy atom. The predicted molar refractivity (Wildman–Crippen MR) is 110 cm³/mol. The molecular formula is C21H18N2O5S. The molecule has 2 N–H and O–H groups in total. The van der Waals surface area contributed by atoms with E-state index in [1.807, 2.05) is 30.3 Å². The number of rotatable bonds is 6. The minimum Gasteiger partial charge on any atom is -0.457 e. The van der Waals surface area contributed by atoms with E-state index in [0.29, 0.717) is 22.1 Å². The van der Waals surface area contributed by atoms with Crippen molar-refractivity contribution in [3.8, 4) is 11.5 Å². The molecule has 0 aliphatic carbocycles. The third-order valence-corrected chi connectivity index (χ3v) is 4.53. The van der Waals surface area contributed by atoms with Gasteiger partial charge < -0.3 is 14.8 Å². The van der Waals surface area contributed by atoms with E-state index in [2.05, 4.69) is 10.6 Å². The van der Waals surface area contributed by atoms with Crippen molar-refractivity contribution in [1.29, 1.82) is 0 Å². The number of anilines is 1. The van der Waals surface area contributed by atoms with E-state index in [4.69, 9.17) is 9.47 Å². The van der Waals surface area contributed by atoms with Gasteiger partial charge in [0.25, 0.3) is 11.8 Å². The van der Waals surface area contributed by atoms with E-state index in [1.165, 1.54) is 17.4 Å². The summed E-state index contributed by atoms with van der Waals surface area (Å²) in [6.07, 6.45) is -0.841. The lowest BCUT2D eigenvalue weighted by molar-refractivity contribution is 0.0926. The molecule has 7 nitrogen and oxygen atoms in total. The molecule has 3 amide bonds. The monoisotopic (exact) mass is 410 g/mol. The number of carbonyl (C=O) groups excluding carboxylic acids is 3. The molecule has 0 bridgehead atoms. The molecule has 0 saturated carbocycles. The van der Waals surface area contributed by atoms with E-state index >= 15 is 0 Å². The Balaban J connectivity index is 1.70. The summed E-state index contributed by atoms with van der Waals surface area (Å²) in [5, 5.41) is 6.77. The molecule has 0 unspecified atom stereocenters. The average Bonchev–Trinajstić information content (AvgIpc) is 3.17. The van der Waals surface area contributed by atoms with Crippen molar-refractivity contribution < 1.29 is 23.9 Å². The van der Waals surface area contributed by atoms with Gasteiger partial charge in [-0.25, -0.2) is 4.79 Å². The zero-order chi connectivity index (χ0) is 20.6. The molecule has 8 heteroatoms. The number of imide groups is 1. The number of thiophene rings is 1. The standard InChI is InChI=1S/C21H18N2O5S/c1-2-27-21(26)23-19(25)17-11-12-29-20(17)22-18(24)14-7-6-10-16(13-14)28-15-8-4-3-5-9-15/h3-13H,2H2,1H3,(H,22,24)(H,23,25,26). The first-order chi connectivity index (χ1) is 14.1. The number of hydrogen-bond donors (Lipinski definition) is 2. The fourth-order valence-electron chi connectivity index (χ4n) is 2.41. The molecule has 148 valence electrons. The molecule has 0 atom stereocenters. The highest BCUT2D eigenvalue weighted by Gasteiger charge is 2.18. The average molecular weight is 410 g/mol. The van der Waals surface area contributed by atoms with Gasteiger partial charge in [0.05, 0.1) is 12.2 Å². The van der Waals surface area contributed by atoms with Crippen molar-refractivity contribution in [3.63, 3.8) is 0 Å². The van der Waals surface area contributed by atoms with Gasteiger partial charge in [-0.05, 0) is 48.7 Å². The second-order valence-electron chi connectivity index (χ2n) is 5.74. The van der Waals surface area contributed by atoms with Crippen LogP contribution in [0.2, 0.25) is 0 Å². The SMILES string of the molecule is CCOC(=O)NC(=O)c1ccsc1NC(=O)c1cccc(Oc2ccccc2)c1. The molecule has 3 aromatic rings. The topological polar surface area (TPSA) is 93.7 Å². The van der Waals surface area contributed by atoms with Crippen molar-refractivity contribution in [2.45, 2.75) is 6.92 Å². The Hall–Kier alpha value is -3.65. The van der Waals surface area contributed by atoms with Crippen LogP contribution < -0.4 is 15.4 Å². The van der Waals surface area contributed by atoms with Gasteiger partial charge in [0.2, 0.25) is 0 Å². The highest BCUT2D eigenvalue weighted by atomic mass is 32.1. The maximum atomic E-state index is 12.6. The highest BCUT2D eigenvalue weighted by Crippen LogP contribution is 2.26. The van der Waals surface area contributed by atoms with Crippen molar-refractivity contribution in [3.05, 3.63) is 77.2 Å². The van der Waals surface area contributed by atoms with Crippen molar-refractivity contribution >= 4 is 34.2 Å². The van der Waals surface area contributed by atoms with E-state index in [0.717, 1.165) is 0 Å². The Morgan fingerprint density at radius 3 is 2.45 bits per heavy atom. The number of ether oxygens (including phenoxy) is 2. The Morgan fingerprint density at radius 1 is 0.931 bits per heavy atom. The van der Waals surface area contributed by atoms with E-state index < -0.39 is 17.9 Å². The second-order valence-corrected chi connectivity index (χ2v) is 6.65. The first-order valence-electron chi connectivity index (χ1n) is 8.76. The van der Waals surface area contributed by atoms with Gasteiger partial charge >= 0.3 is 6.09 Å². The Bertz CT molecular complexity index is 1020. The van der Waals surface area contributed by atoms with Crippen LogP contribution in [0.3, 0.4) is 0 Å². The molecule has 0 radical (unpaired) electrons. The lowest BCUT2D eigenvalue weighted by atomic mass is 10.2. The molecule has 0 aliphatic rings. The summed E-state index contributed by atoms with van der Waals surface area (Å²) in [5.41, 5.74) is 0.539. The van der Waals surface area contributed by atoms with Gasteiger partial charge in [0.15, 0.2) is 0 Å². The minimum atomic E-state index is -0.841. The summed E-state index contributed by atoms with van der Waals surface area (Å²) in [5.74, 6) is 0.105. The molecule has 3 rings (SSSR count). The quantitative estimate of drug-likeness (QED) is 0.615. The van der Waals surface area contributed by atoms with Crippen molar-refractivity contribution in [2.24, 2.45) is 0 Å². The molecule has 0 spiro atoms. The van der Waals surface area contributed by atoms with Gasteiger partial charge in [0, 0.05) is 5.56 Å². The van der Waals surface area contributed by atoms with Crippen LogP contribution in [0.4, 0.5) is 9.80 Å². The number of alkyl carbamates (subject to hydrolysis) is 1. The number of nitrogens with one attached hydrogen (secondary N) is 2. The number of carbonyl (C=O) groups is 3. The van der Waals surface area contributed by atoms with Gasteiger partial charge in [-0.1, -0.05) is 24.3 Å². The summed E-state index contributed by atoms with van der Waals surface area (Å²) in [4.78, 5) is 36.3. The molecule has 0 saturated heterocycles. The van der Waals surface area contributed by atoms with Gasteiger partial charge in [-0.3, -0.25) is 14.9 Å². The number of benzene rings is 2. The van der Waals surface area contributed by atoms with Crippen LogP contribution in [0.15, 0.2) is 66.0 Å². The fraction of sp³-hybridized carbons (Fsp3) is 0.0952. The molecule has 29 heavy (non-hydrogen) atoms. The fourth-order valence-corrected chi connectivity index (χ4v) is 3.19. The number of hydrogen-bond acceptors (Lipinski definition) is 6. The zero-order valence-electron chi connectivity index (χ0n) is 15.5. The first kappa shape index (κ1) is 20.1. The zero-order valence-corrected chi connectivity index (χ0v) is 16.3. The summed E-state index contributed by atoms with van der Waals surface area (Å²) in [7, 11) is 0. The van der Waals surface area contributed by atoms with Crippen LogP contribution in [0.5, 0.6) is 11.5 Å². The molecule has 2 aromatic carbocycles. The molecule has 1 heterocycles. The van der Waals surface area contributed by atoms with Crippen molar-refractivity contribution in [2.75, 3.05) is 11.9 Å². The van der Waals surface area contributed by atoms with E-state index in [9.17, 15) is 14.4 Å². The van der Waals surface area contributed by atoms with Gasteiger partial charge in [-0.2, -0.15) is 0 Å². The molecule has 0 fully saturated rings. The van der Waals surface area contributed by atoms with Crippen LogP contribution in [-0.4, -0.2) is 24.5 Å². The van der Waals surface area contributed by atoms with Crippen LogP contribution in [0, 0.1) is 0 Å². The van der Waals surface area contributed by atoms with E-state index in [1.54, 1.807) is 36.6 Å². The highest BCUT2D eigenvalue weighted by molar-refractivity contribution is 7.14. The third-order valence-electron chi connectivity index (χ3n) is 3.70. The van der Waals surface area contributed by atoms with Crippen LogP contribution in [0.1, 0.15) is 27.6 Å². The maximum Gasteiger partial charge on any atom is 0.414 e. The summed E-state index contributed by atoms with van der Waals surface area (Å²) < 4.78 is 10.4. The Kier molecular flexibility index (Phi) is 6.59. The maximum absolute atomic E-state index is 12.6. The third kappa shape index (κ3) is 5.43. The largest absolute Gasteiger partial charge is 0.457 e. The molecule has 0 aliphatic heterocycles. The second kappa shape index (κ2) is 9.52. The smallest absolute Gasteiger partial charge is 0.414 e. The Labute approximate surface area is 171 Å². The number of amides is 3. The van der Waals surface area contributed by atoms with Gasteiger partial charge in [-0.15, -0.1) is 11.3 Å². The van der Waals surface area contributed by atoms with Crippen molar-refractivity contribution in [1.82, 2.24) is 5.32 Å². The predicted octanol–water partition coefficient (Wildman–Crippen LogP) is 4.68. The van der Waals surface area contributed by atoms with Gasteiger partial charge in [0.1, 0.15) is 16.5 Å². The summed E-state index contributed by atoms with van der Waals surface area (Å²) >= 11 is 1.17. The molecule has 1 aromatic heterocycles. The molecular weight excluding hydrogens is 392 g/mol. The summed E-state index contributed by atoms with van der Waals surface area (Å²) in [6, 6.07) is 17.4. The lowest BCUT2D eigenvalue weighted by Crippen LogP contribution is -2.31. The first-order valence-corrected chi connectivity index (χ1v) is 9.64. The summed E-state index contributed by atoms with van der Waals surface area (Å²) in [6.45, 7) is 1.78. The van der Waals surface area contributed by atoms with Crippen LogP contribution in [0.25, 0.3) is 0 Å². The minimum absolute atomic E-state index is 0.147. The van der Waals surface area contributed by atoms with Crippen LogP contribution >= 0.6 is 11.3 Å². The number of para-hydroxylation sites is 1. The van der Waals surface area contributed by atoms with Crippen LogP contribution in [-0.2, 0) is 4.74 Å². The lowest BCUT2D eigenvalue weighted by Gasteiger charge is -2.09. The van der Waals surface area contributed by atoms with E-state index in [-0.39, 0.29) is 12.2 Å².